The largest absolute Gasteiger partial charge is 0.352 e. The maximum atomic E-state index is 11.6. The van der Waals surface area contributed by atoms with Gasteiger partial charge < -0.3 is 10.6 Å². The van der Waals surface area contributed by atoms with E-state index >= 15 is 0 Å². The Balaban J connectivity index is 3.61. The highest BCUT2D eigenvalue weighted by Gasteiger charge is 2.09. The molecule has 17 heavy (non-hydrogen) atoms. The maximum Gasteiger partial charge on any atom is 0.234 e. The topological polar surface area (TPSA) is 41.1 Å². The minimum Gasteiger partial charge on any atom is -0.352 e. The fourth-order valence-electron chi connectivity index (χ4n) is 1.54. The van der Waals surface area contributed by atoms with Gasteiger partial charge >= 0.3 is 0 Å². The van der Waals surface area contributed by atoms with Gasteiger partial charge in [0.1, 0.15) is 0 Å². The second kappa shape index (κ2) is 10.9. The lowest BCUT2D eigenvalue weighted by Crippen LogP contribution is -2.42. The smallest absolute Gasteiger partial charge is 0.234 e. The van der Waals surface area contributed by atoms with E-state index in [-0.39, 0.29) is 5.91 Å². The molecule has 1 amide bonds. The summed E-state index contributed by atoms with van der Waals surface area (Å²) in [7, 11) is 0. The minimum absolute atomic E-state index is 0.119. The van der Waals surface area contributed by atoms with E-state index < -0.39 is 0 Å². The average Bonchev–Trinajstić information content (AvgIpc) is 2.33. The van der Waals surface area contributed by atoms with Gasteiger partial charge in [0.15, 0.2) is 0 Å². The zero-order valence-corrected chi connectivity index (χ0v) is 12.5. The van der Waals surface area contributed by atoms with Gasteiger partial charge in [-0.3, -0.25) is 4.79 Å². The lowest BCUT2D eigenvalue weighted by Gasteiger charge is -2.17. The number of hydrogen-bond acceptors (Lipinski definition) is 3. The van der Waals surface area contributed by atoms with E-state index in [1.54, 1.807) is 0 Å². The van der Waals surface area contributed by atoms with E-state index in [0.717, 1.165) is 19.3 Å². The van der Waals surface area contributed by atoms with E-state index in [9.17, 15) is 4.79 Å². The zero-order valence-electron chi connectivity index (χ0n) is 11.7. The highest BCUT2D eigenvalue weighted by molar-refractivity contribution is 7.99. The quantitative estimate of drug-likeness (QED) is 0.593. The molecule has 0 spiro atoms. The van der Waals surface area contributed by atoms with Crippen LogP contribution in [0.3, 0.4) is 0 Å². The van der Waals surface area contributed by atoms with E-state index in [4.69, 9.17) is 0 Å². The first-order chi connectivity index (χ1) is 8.13. The molecule has 0 aromatic heterocycles. The normalized spacial score (nSPS) is 12.8. The summed E-state index contributed by atoms with van der Waals surface area (Å²) in [5.74, 6) is 2.45. The first-order valence-corrected chi connectivity index (χ1v) is 7.89. The molecule has 102 valence electrons. The number of rotatable bonds is 10. The number of nitrogens with one attached hydrogen (secondary N) is 2. The van der Waals surface area contributed by atoms with Crippen LogP contribution in [0.4, 0.5) is 0 Å². The molecule has 0 bridgehead atoms. The van der Waals surface area contributed by atoms with Crippen LogP contribution in [0.25, 0.3) is 0 Å². The van der Waals surface area contributed by atoms with Crippen molar-refractivity contribution in [2.24, 2.45) is 0 Å². The van der Waals surface area contributed by atoms with Gasteiger partial charge in [-0.25, -0.2) is 0 Å². The number of thioether (sulfide) groups is 1. The Morgan fingerprint density at radius 1 is 1.24 bits per heavy atom. The van der Waals surface area contributed by atoms with Crippen molar-refractivity contribution in [3.63, 3.8) is 0 Å². The van der Waals surface area contributed by atoms with E-state index in [0.29, 0.717) is 18.6 Å². The van der Waals surface area contributed by atoms with Crippen molar-refractivity contribution in [2.75, 3.05) is 18.1 Å². The van der Waals surface area contributed by atoms with Crippen LogP contribution in [0, 0.1) is 0 Å². The molecule has 0 fully saturated rings. The highest BCUT2D eigenvalue weighted by Crippen LogP contribution is 2.03. The summed E-state index contributed by atoms with van der Waals surface area (Å²) in [6, 6.07) is 0.747. The molecule has 1 unspecified atom stereocenters. The first kappa shape index (κ1) is 16.8. The molecular formula is C13H28N2OS. The zero-order chi connectivity index (χ0) is 13.1. The Kier molecular flexibility index (Phi) is 10.8. The fraction of sp³-hybridized carbons (Fsp3) is 0.923. The third-order valence-corrected chi connectivity index (χ3v) is 3.79. The Morgan fingerprint density at radius 2 is 1.88 bits per heavy atom. The predicted octanol–water partition coefficient (Wildman–Crippen LogP) is 2.41. The standard InChI is InChI=1S/C13H28N2OS/c1-5-12(6-2)15-13(16)10-14-11(4)8-9-17-7-3/h11-12,14H,5-10H2,1-4H3,(H,15,16). The summed E-state index contributed by atoms with van der Waals surface area (Å²) in [4.78, 5) is 11.6. The molecular weight excluding hydrogens is 232 g/mol. The van der Waals surface area contributed by atoms with Gasteiger partial charge in [-0.15, -0.1) is 0 Å². The predicted molar refractivity (Wildman–Crippen MR) is 77.6 cm³/mol. The van der Waals surface area contributed by atoms with Gasteiger partial charge in [0.25, 0.3) is 0 Å². The van der Waals surface area contributed by atoms with Crippen LogP contribution >= 0.6 is 11.8 Å². The number of carbonyl (C=O) groups is 1. The van der Waals surface area contributed by atoms with Crippen molar-refractivity contribution in [3.8, 4) is 0 Å². The number of hydrogen-bond donors (Lipinski definition) is 2. The number of amides is 1. The molecule has 1 atom stereocenters. The van der Waals surface area contributed by atoms with Crippen molar-refractivity contribution in [1.29, 1.82) is 0 Å². The first-order valence-electron chi connectivity index (χ1n) is 6.74. The second-order valence-corrected chi connectivity index (χ2v) is 5.74. The summed E-state index contributed by atoms with van der Waals surface area (Å²) in [5, 5.41) is 6.30. The van der Waals surface area contributed by atoms with Gasteiger partial charge in [-0.2, -0.15) is 11.8 Å². The molecule has 0 saturated heterocycles. The molecule has 0 aliphatic carbocycles. The number of carbonyl (C=O) groups excluding carboxylic acids is 1. The van der Waals surface area contributed by atoms with E-state index in [1.165, 1.54) is 11.5 Å². The second-order valence-electron chi connectivity index (χ2n) is 4.35. The summed E-state index contributed by atoms with van der Waals surface area (Å²) < 4.78 is 0. The molecule has 0 heterocycles. The maximum absolute atomic E-state index is 11.6. The van der Waals surface area contributed by atoms with Gasteiger partial charge in [-0.1, -0.05) is 20.8 Å². The fourth-order valence-corrected chi connectivity index (χ4v) is 2.35. The van der Waals surface area contributed by atoms with Gasteiger partial charge in [-0.05, 0) is 37.7 Å². The van der Waals surface area contributed by atoms with Crippen LogP contribution in [-0.2, 0) is 4.79 Å². The summed E-state index contributed by atoms with van der Waals surface area (Å²) in [6.45, 7) is 8.96. The lowest BCUT2D eigenvalue weighted by molar-refractivity contribution is -0.121. The molecule has 0 saturated carbocycles. The van der Waals surface area contributed by atoms with Crippen LogP contribution in [0.1, 0.15) is 47.0 Å². The molecule has 4 heteroatoms. The molecule has 0 aromatic rings. The molecule has 0 aliphatic heterocycles. The molecule has 0 aliphatic rings. The van der Waals surface area contributed by atoms with E-state index in [2.05, 4.69) is 38.3 Å². The van der Waals surface area contributed by atoms with Gasteiger partial charge in [0.2, 0.25) is 5.91 Å². The Hall–Kier alpha value is -0.220. The van der Waals surface area contributed by atoms with Crippen molar-refractivity contribution in [2.45, 2.75) is 59.0 Å². The van der Waals surface area contributed by atoms with Gasteiger partial charge in [0, 0.05) is 12.1 Å². The van der Waals surface area contributed by atoms with E-state index in [1.807, 2.05) is 11.8 Å². The van der Waals surface area contributed by atoms with Crippen molar-refractivity contribution in [3.05, 3.63) is 0 Å². The van der Waals surface area contributed by atoms with Crippen LogP contribution in [0.2, 0.25) is 0 Å². The Labute approximate surface area is 111 Å². The molecule has 0 aromatic carbocycles. The summed E-state index contributed by atoms with van der Waals surface area (Å²) in [5.41, 5.74) is 0. The monoisotopic (exact) mass is 260 g/mol. The molecule has 0 rings (SSSR count). The van der Waals surface area contributed by atoms with Crippen LogP contribution in [0.5, 0.6) is 0 Å². The van der Waals surface area contributed by atoms with Crippen LogP contribution in [0.15, 0.2) is 0 Å². The van der Waals surface area contributed by atoms with Crippen molar-refractivity contribution in [1.82, 2.24) is 10.6 Å². The third kappa shape index (κ3) is 9.48. The van der Waals surface area contributed by atoms with Crippen LogP contribution in [-0.4, -0.2) is 36.0 Å². The average molecular weight is 260 g/mol. The van der Waals surface area contributed by atoms with Crippen molar-refractivity contribution < 1.29 is 4.79 Å². The minimum atomic E-state index is 0.119. The van der Waals surface area contributed by atoms with Gasteiger partial charge in [0.05, 0.1) is 6.54 Å². The summed E-state index contributed by atoms with van der Waals surface area (Å²) >= 11 is 1.95. The molecule has 0 radical (unpaired) electrons. The SMILES string of the molecule is CCSCCC(C)NCC(=O)NC(CC)CC. The molecule has 3 nitrogen and oxygen atoms in total. The third-order valence-electron chi connectivity index (χ3n) is 2.86. The van der Waals surface area contributed by atoms with Crippen LogP contribution < -0.4 is 10.6 Å². The van der Waals surface area contributed by atoms with Crippen molar-refractivity contribution >= 4 is 17.7 Å². The lowest BCUT2D eigenvalue weighted by atomic mass is 10.2. The highest BCUT2D eigenvalue weighted by atomic mass is 32.2. The molecule has 2 N–H and O–H groups in total. The Morgan fingerprint density at radius 3 is 2.41 bits per heavy atom. The summed E-state index contributed by atoms with van der Waals surface area (Å²) in [6.07, 6.45) is 3.13. The Bertz CT molecular complexity index is 196.